The van der Waals surface area contributed by atoms with Crippen molar-refractivity contribution < 1.29 is 9.59 Å². The van der Waals surface area contributed by atoms with Crippen LogP contribution >= 0.6 is 15.9 Å². The summed E-state index contributed by atoms with van der Waals surface area (Å²) < 4.78 is 2.41. The Morgan fingerprint density at radius 2 is 1.93 bits per heavy atom. The predicted octanol–water partition coefficient (Wildman–Crippen LogP) is 0.608. The van der Waals surface area contributed by atoms with Crippen LogP contribution in [0, 0.1) is 0 Å². The zero-order valence-corrected chi connectivity index (χ0v) is 9.56. The summed E-state index contributed by atoms with van der Waals surface area (Å²) in [6, 6.07) is 0. The average Bonchev–Trinajstić information content (AvgIpc) is 2.63. The third kappa shape index (κ3) is 1.85. The van der Waals surface area contributed by atoms with Crippen LogP contribution in [0.15, 0.2) is 22.8 Å². The Hall–Kier alpha value is -1.43. The molecule has 1 aromatic rings. The Morgan fingerprint density at radius 1 is 1.33 bits per heavy atom. The molecule has 5 nitrogen and oxygen atoms in total. The molecule has 1 aromatic heterocycles. The summed E-state index contributed by atoms with van der Waals surface area (Å²) in [6.45, 7) is 0.200. The van der Waals surface area contributed by atoms with E-state index in [9.17, 15) is 9.59 Å². The highest BCUT2D eigenvalue weighted by Gasteiger charge is 2.24. The molecule has 0 radical (unpaired) electrons. The highest BCUT2D eigenvalue weighted by molar-refractivity contribution is 9.10. The number of nitrogens with zero attached hydrogens (tertiary/aromatic N) is 3. The molecule has 0 saturated heterocycles. The van der Waals surface area contributed by atoms with Crippen molar-refractivity contribution in [2.45, 2.75) is 6.54 Å². The lowest BCUT2D eigenvalue weighted by atomic mass is 10.4. The van der Waals surface area contributed by atoms with E-state index in [1.165, 1.54) is 12.2 Å². The van der Waals surface area contributed by atoms with Crippen LogP contribution in [0.2, 0.25) is 0 Å². The second-order valence-corrected chi connectivity index (χ2v) is 4.05. The molecule has 15 heavy (non-hydrogen) atoms. The molecular formula is C9H8BrN3O2. The molecule has 0 fully saturated rings. The van der Waals surface area contributed by atoms with E-state index >= 15 is 0 Å². The number of rotatable bonds is 2. The molecule has 0 N–H and O–H groups in total. The van der Waals surface area contributed by atoms with Gasteiger partial charge in [-0.25, -0.2) is 0 Å². The number of imide groups is 1. The molecular weight excluding hydrogens is 262 g/mol. The van der Waals surface area contributed by atoms with Gasteiger partial charge in [-0.2, -0.15) is 5.10 Å². The van der Waals surface area contributed by atoms with Crippen LogP contribution in [0.1, 0.15) is 5.69 Å². The van der Waals surface area contributed by atoms with E-state index in [0.29, 0.717) is 5.69 Å². The van der Waals surface area contributed by atoms with Gasteiger partial charge in [0, 0.05) is 25.4 Å². The maximum atomic E-state index is 11.3. The lowest BCUT2D eigenvalue weighted by molar-refractivity contribution is -0.137. The quantitative estimate of drug-likeness (QED) is 0.740. The zero-order chi connectivity index (χ0) is 11.0. The smallest absolute Gasteiger partial charge is 0.253 e. The van der Waals surface area contributed by atoms with Crippen molar-refractivity contribution in [3.8, 4) is 0 Å². The summed E-state index contributed by atoms with van der Waals surface area (Å²) in [5.74, 6) is -0.588. The molecule has 2 heterocycles. The van der Waals surface area contributed by atoms with Crippen molar-refractivity contribution in [3.63, 3.8) is 0 Å². The average molecular weight is 270 g/mol. The number of aromatic nitrogens is 2. The van der Waals surface area contributed by atoms with Gasteiger partial charge in [0.1, 0.15) is 0 Å². The maximum absolute atomic E-state index is 11.3. The molecule has 0 unspecified atom stereocenters. The van der Waals surface area contributed by atoms with Crippen molar-refractivity contribution in [1.82, 2.24) is 14.7 Å². The normalized spacial score (nSPS) is 15.5. The molecule has 0 atom stereocenters. The van der Waals surface area contributed by atoms with Gasteiger partial charge in [0.15, 0.2) is 0 Å². The van der Waals surface area contributed by atoms with Gasteiger partial charge in [0.25, 0.3) is 11.8 Å². The summed E-state index contributed by atoms with van der Waals surface area (Å²) >= 11 is 3.31. The monoisotopic (exact) mass is 269 g/mol. The molecule has 1 aliphatic rings. The Kier molecular flexibility index (Phi) is 2.44. The SMILES string of the molecule is Cn1cc(Br)c(CN2C(=O)C=CC2=O)n1. The van der Waals surface area contributed by atoms with Crippen LogP contribution in [0.3, 0.4) is 0 Å². The number of amides is 2. The van der Waals surface area contributed by atoms with Crippen LogP contribution in [0.4, 0.5) is 0 Å². The Labute approximate surface area is 94.5 Å². The Bertz CT molecular complexity index is 446. The van der Waals surface area contributed by atoms with Gasteiger partial charge in [-0.1, -0.05) is 0 Å². The van der Waals surface area contributed by atoms with Gasteiger partial charge in [-0.3, -0.25) is 19.2 Å². The summed E-state index contributed by atoms with van der Waals surface area (Å²) in [5, 5.41) is 4.14. The number of carbonyl (C=O) groups is 2. The molecule has 0 spiro atoms. The first-order chi connectivity index (χ1) is 7.08. The first kappa shape index (κ1) is 10.1. The molecule has 0 aliphatic carbocycles. The van der Waals surface area contributed by atoms with Crippen molar-refractivity contribution in [2.75, 3.05) is 0 Å². The van der Waals surface area contributed by atoms with Crippen LogP contribution in [0.5, 0.6) is 0 Å². The molecule has 1 aliphatic heterocycles. The highest BCUT2D eigenvalue weighted by atomic mass is 79.9. The lowest BCUT2D eigenvalue weighted by Crippen LogP contribution is -2.29. The second kappa shape index (κ2) is 3.62. The van der Waals surface area contributed by atoms with Gasteiger partial charge in [0.05, 0.1) is 16.7 Å². The fraction of sp³-hybridized carbons (Fsp3) is 0.222. The fourth-order valence-electron chi connectivity index (χ4n) is 1.35. The highest BCUT2D eigenvalue weighted by Crippen LogP contribution is 2.17. The van der Waals surface area contributed by atoms with Gasteiger partial charge < -0.3 is 0 Å². The van der Waals surface area contributed by atoms with Crippen molar-refractivity contribution in [2.24, 2.45) is 7.05 Å². The van der Waals surface area contributed by atoms with Gasteiger partial charge in [-0.15, -0.1) is 0 Å². The van der Waals surface area contributed by atoms with Crippen LogP contribution in [0.25, 0.3) is 0 Å². The van der Waals surface area contributed by atoms with E-state index in [2.05, 4.69) is 21.0 Å². The number of hydrogen-bond donors (Lipinski definition) is 0. The lowest BCUT2D eigenvalue weighted by Gasteiger charge is -2.11. The van der Waals surface area contributed by atoms with E-state index < -0.39 is 0 Å². The van der Waals surface area contributed by atoms with Crippen LogP contribution in [-0.4, -0.2) is 26.5 Å². The minimum atomic E-state index is -0.294. The summed E-state index contributed by atoms with van der Waals surface area (Å²) in [4.78, 5) is 23.7. The maximum Gasteiger partial charge on any atom is 0.253 e. The molecule has 0 aromatic carbocycles. The number of carbonyl (C=O) groups excluding carboxylic acids is 2. The number of hydrogen-bond acceptors (Lipinski definition) is 3. The molecule has 0 bridgehead atoms. The number of halogens is 1. The topological polar surface area (TPSA) is 55.2 Å². The van der Waals surface area contributed by atoms with E-state index in [1.807, 2.05) is 0 Å². The van der Waals surface area contributed by atoms with E-state index in [-0.39, 0.29) is 18.4 Å². The predicted molar refractivity (Wildman–Crippen MR) is 55.6 cm³/mol. The van der Waals surface area contributed by atoms with Crippen molar-refractivity contribution >= 4 is 27.7 Å². The molecule has 6 heteroatoms. The zero-order valence-electron chi connectivity index (χ0n) is 7.98. The Balaban J connectivity index is 2.19. The molecule has 2 amide bonds. The van der Waals surface area contributed by atoms with Gasteiger partial charge in [-0.05, 0) is 15.9 Å². The van der Waals surface area contributed by atoms with Gasteiger partial charge >= 0.3 is 0 Å². The molecule has 2 rings (SSSR count). The van der Waals surface area contributed by atoms with Crippen LogP contribution < -0.4 is 0 Å². The summed E-state index contributed by atoms with van der Waals surface area (Å²) in [7, 11) is 1.78. The minimum absolute atomic E-state index is 0.200. The number of aryl methyl sites for hydroxylation is 1. The minimum Gasteiger partial charge on any atom is -0.274 e. The molecule has 78 valence electrons. The van der Waals surface area contributed by atoms with Gasteiger partial charge in [0.2, 0.25) is 0 Å². The summed E-state index contributed by atoms with van der Waals surface area (Å²) in [6.07, 6.45) is 4.30. The van der Waals surface area contributed by atoms with Crippen LogP contribution in [-0.2, 0) is 23.2 Å². The van der Waals surface area contributed by atoms with Crippen molar-refractivity contribution in [3.05, 3.63) is 28.5 Å². The third-order valence-electron chi connectivity index (χ3n) is 2.06. The Morgan fingerprint density at radius 3 is 2.40 bits per heavy atom. The summed E-state index contributed by atoms with van der Waals surface area (Å²) in [5.41, 5.74) is 0.669. The standard InChI is InChI=1S/C9H8BrN3O2/c1-12-4-6(10)7(11-12)5-13-8(14)2-3-9(13)15/h2-4H,5H2,1H3. The first-order valence-electron chi connectivity index (χ1n) is 4.29. The van der Waals surface area contributed by atoms with E-state index in [0.717, 1.165) is 9.37 Å². The fourth-order valence-corrected chi connectivity index (χ4v) is 1.85. The molecule has 0 saturated carbocycles. The first-order valence-corrected chi connectivity index (χ1v) is 5.09. The second-order valence-electron chi connectivity index (χ2n) is 3.19. The van der Waals surface area contributed by atoms with Crippen molar-refractivity contribution in [1.29, 1.82) is 0 Å². The largest absolute Gasteiger partial charge is 0.274 e. The van der Waals surface area contributed by atoms with E-state index in [1.54, 1.807) is 17.9 Å². The third-order valence-corrected chi connectivity index (χ3v) is 2.73. The van der Waals surface area contributed by atoms with E-state index in [4.69, 9.17) is 0 Å².